The number of rotatable bonds is 3. The number of benzene rings is 1. The van der Waals surface area contributed by atoms with E-state index >= 15 is 0 Å². The zero-order chi connectivity index (χ0) is 18.7. The Morgan fingerprint density at radius 1 is 1.12 bits per heavy atom. The number of hydrogen-bond donors (Lipinski definition) is 0. The minimum Gasteiger partial charge on any atom is -0.342 e. The van der Waals surface area contributed by atoms with Gasteiger partial charge in [-0.25, -0.2) is 12.7 Å². The van der Waals surface area contributed by atoms with Crippen molar-refractivity contribution >= 4 is 39.3 Å². The van der Waals surface area contributed by atoms with Gasteiger partial charge in [0.05, 0.1) is 6.26 Å². The molecule has 0 aliphatic carbocycles. The fourth-order valence-corrected chi connectivity index (χ4v) is 6.14. The first-order chi connectivity index (χ1) is 12.4. The minimum atomic E-state index is -3.16. The quantitative estimate of drug-likeness (QED) is 0.759. The van der Waals surface area contributed by atoms with Gasteiger partial charge in [-0.2, -0.15) is 11.8 Å². The Balaban J connectivity index is 1.58. The number of amides is 1. The van der Waals surface area contributed by atoms with Crippen LogP contribution in [0.4, 0.5) is 0 Å². The maximum atomic E-state index is 12.9. The van der Waals surface area contributed by atoms with Gasteiger partial charge in [0.2, 0.25) is 15.9 Å². The van der Waals surface area contributed by atoms with Crippen LogP contribution in [0.2, 0.25) is 5.02 Å². The van der Waals surface area contributed by atoms with E-state index in [1.807, 2.05) is 34.9 Å². The molecule has 0 aromatic heterocycles. The van der Waals surface area contributed by atoms with Gasteiger partial charge in [0, 0.05) is 48.1 Å². The molecule has 1 aromatic rings. The maximum absolute atomic E-state index is 12.9. The average Bonchev–Trinajstić information content (AvgIpc) is 2.87. The SMILES string of the molecule is CS(=O)(=O)N1CCC(C(=O)N2CCS[C@H](c3ccccc3Cl)CC2)CC1. The van der Waals surface area contributed by atoms with Crippen LogP contribution in [0, 0.1) is 5.92 Å². The lowest BCUT2D eigenvalue weighted by molar-refractivity contribution is -0.136. The van der Waals surface area contributed by atoms with E-state index in [1.165, 1.54) is 10.6 Å². The molecule has 0 bridgehead atoms. The number of halogens is 1. The van der Waals surface area contributed by atoms with Crippen LogP contribution in [0.1, 0.15) is 30.1 Å². The molecule has 0 N–H and O–H groups in total. The summed E-state index contributed by atoms with van der Waals surface area (Å²) in [6.45, 7) is 2.37. The molecular weight excluding hydrogens is 392 g/mol. The van der Waals surface area contributed by atoms with Crippen LogP contribution in [0.25, 0.3) is 0 Å². The van der Waals surface area contributed by atoms with Gasteiger partial charge in [-0.15, -0.1) is 0 Å². The molecule has 5 nitrogen and oxygen atoms in total. The largest absolute Gasteiger partial charge is 0.342 e. The smallest absolute Gasteiger partial charge is 0.225 e. The summed E-state index contributed by atoms with van der Waals surface area (Å²) in [4.78, 5) is 14.9. The van der Waals surface area contributed by atoms with Gasteiger partial charge in [0.1, 0.15) is 0 Å². The summed E-state index contributed by atoms with van der Waals surface area (Å²) in [6.07, 6.45) is 3.35. The number of nitrogens with zero attached hydrogens (tertiary/aromatic N) is 2. The zero-order valence-corrected chi connectivity index (χ0v) is 17.3. The molecule has 8 heteroatoms. The molecule has 144 valence electrons. The lowest BCUT2D eigenvalue weighted by Gasteiger charge is -2.32. The van der Waals surface area contributed by atoms with E-state index in [0.717, 1.165) is 35.8 Å². The molecule has 1 aromatic carbocycles. The highest BCUT2D eigenvalue weighted by Gasteiger charge is 2.32. The van der Waals surface area contributed by atoms with Crippen LogP contribution < -0.4 is 0 Å². The molecule has 2 saturated heterocycles. The molecule has 2 aliphatic rings. The van der Waals surface area contributed by atoms with Crippen LogP contribution in [-0.4, -0.2) is 61.7 Å². The third-order valence-electron chi connectivity index (χ3n) is 5.18. The molecule has 2 fully saturated rings. The fourth-order valence-electron chi connectivity index (χ4n) is 3.67. The monoisotopic (exact) mass is 416 g/mol. The molecular formula is C18H25ClN2O3S2. The second kappa shape index (κ2) is 8.50. The maximum Gasteiger partial charge on any atom is 0.225 e. The molecule has 2 heterocycles. The first-order valence-corrected chi connectivity index (χ1v) is 12.2. The van der Waals surface area contributed by atoms with Crippen molar-refractivity contribution in [2.45, 2.75) is 24.5 Å². The Labute approximate surface area is 165 Å². The van der Waals surface area contributed by atoms with E-state index in [1.54, 1.807) is 0 Å². The summed E-state index contributed by atoms with van der Waals surface area (Å²) in [5, 5.41) is 1.10. The third kappa shape index (κ3) is 4.74. The van der Waals surface area contributed by atoms with Crippen molar-refractivity contribution in [3.8, 4) is 0 Å². The Hall–Kier alpha value is -0.760. The summed E-state index contributed by atoms with van der Waals surface area (Å²) in [5.74, 6) is 1.01. The van der Waals surface area contributed by atoms with Gasteiger partial charge in [-0.05, 0) is 30.9 Å². The molecule has 1 atom stereocenters. The molecule has 3 rings (SSSR count). The summed E-state index contributed by atoms with van der Waals surface area (Å²) in [7, 11) is -3.16. The standard InChI is InChI=1S/C18H25ClN2O3S2/c1-26(23,24)21-10-6-14(7-11-21)18(22)20-9-8-17(25-13-12-20)15-4-2-3-5-16(15)19/h2-5,14,17H,6-13H2,1H3/t17-/m0/s1. The highest BCUT2D eigenvalue weighted by molar-refractivity contribution is 7.99. The number of carbonyl (C=O) groups is 1. The lowest BCUT2D eigenvalue weighted by atomic mass is 9.96. The number of piperidine rings is 1. The molecule has 1 amide bonds. The van der Waals surface area contributed by atoms with Crippen molar-refractivity contribution in [1.29, 1.82) is 0 Å². The fraction of sp³-hybridized carbons (Fsp3) is 0.611. The summed E-state index contributed by atoms with van der Waals surface area (Å²) >= 11 is 8.19. The number of carbonyl (C=O) groups excluding carboxylic acids is 1. The van der Waals surface area contributed by atoms with E-state index < -0.39 is 10.0 Å². The molecule has 0 saturated carbocycles. The zero-order valence-electron chi connectivity index (χ0n) is 14.9. The first-order valence-electron chi connectivity index (χ1n) is 8.96. The van der Waals surface area contributed by atoms with Crippen molar-refractivity contribution < 1.29 is 13.2 Å². The van der Waals surface area contributed by atoms with Crippen molar-refractivity contribution in [2.24, 2.45) is 5.92 Å². The van der Waals surface area contributed by atoms with Gasteiger partial charge in [0.25, 0.3) is 0 Å². The molecule has 2 aliphatic heterocycles. The van der Waals surface area contributed by atoms with Crippen LogP contribution in [0.5, 0.6) is 0 Å². The molecule has 0 radical (unpaired) electrons. The predicted octanol–water partition coefficient (Wildman–Crippen LogP) is 3.02. The van der Waals surface area contributed by atoms with Crippen LogP contribution in [0.15, 0.2) is 24.3 Å². The van der Waals surface area contributed by atoms with Crippen LogP contribution >= 0.6 is 23.4 Å². The third-order valence-corrected chi connectivity index (χ3v) is 8.14. The van der Waals surface area contributed by atoms with Gasteiger partial charge in [-0.1, -0.05) is 29.8 Å². The predicted molar refractivity (Wildman–Crippen MR) is 107 cm³/mol. The van der Waals surface area contributed by atoms with Crippen molar-refractivity contribution in [1.82, 2.24) is 9.21 Å². The normalized spacial score (nSPS) is 23.6. The van der Waals surface area contributed by atoms with Crippen molar-refractivity contribution in [3.63, 3.8) is 0 Å². The summed E-state index contributed by atoms with van der Waals surface area (Å²) in [6, 6.07) is 7.93. The van der Waals surface area contributed by atoms with E-state index in [0.29, 0.717) is 31.2 Å². The number of sulfonamides is 1. The lowest BCUT2D eigenvalue weighted by Crippen LogP contribution is -2.44. The van der Waals surface area contributed by atoms with Gasteiger partial charge >= 0.3 is 0 Å². The van der Waals surface area contributed by atoms with E-state index in [-0.39, 0.29) is 11.8 Å². The minimum absolute atomic E-state index is 0.0603. The van der Waals surface area contributed by atoms with Gasteiger partial charge in [-0.3, -0.25) is 4.79 Å². The van der Waals surface area contributed by atoms with Crippen molar-refractivity contribution in [2.75, 3.05) is 38.2 Å². The van der Waals surface area contributed by atoms with Crippen LogP contribution in [-0.2, 0) is 14.8 Å². The Bertz CT molecular complexity index is 749. The van der Waals surface area contributed by atoms with E-state index in [2.05, 4.69) is 6.07 Å². The number of thioether (sulfide) groups is 1. The highest BCUT2D eigenvalue weighted by atomic mass is 35.5. The first kappa shape index (κ1) is 20.0. The number of hydrogen-bond acceptors (Lipinski definition) is 4. The Morgan fingerprint density at radius 2 is 1.81 bits per heavy atom. The second-order valence-corrected chi connectivity index (χ2v) is 10.6. The average molecular weight is 417 g/mol. The highest BCUT2D eigenvalue weighted by Crippen LogP contribution is 2.38. The van der Waals surface area contributed by atoms with Gasteiger partial charge in [0.15, 0.2) is 0 Å². The summed E-state index contributed by atoms with van der Waals surface area (Å²) in [5.41, 5.74) is 1.15. The van der Waals surface area contributed by atoms with E-state index in [4.69, 9.17) is 11.6 Å². The van der Waals surface area contributed by atoms with Crippen molar-refractivity contribution in [3.05, 3.63) is 34.9 Å². The topological polar surface area (TPSA) is 57.7 Å². The Morgan fingerprint density at radius 3 is 2.46 bits per heavy atom. The van der Waals surface area contributed by atoms with E-state index in [9.17, 15) is 13.2 Å². The molecule has 26 heavy (non-hydrogen) atoms. The molecule has 0 unspecified atom stereocenters. The Kier molecular flexibility index (Phi) is 6.54. The van der Waals surface area contributed by atoms with Crippen LogP contribution in [0.3, 0.4) is 0 Å². The molecule has 0 spiro atoms. The second-order valence-electron chi connectivity index (χ2n) is 6.93. The van der Waals surface area contributed by atoms with Gasteiger partial charge < -0.3 is 4.90 Å². The summed E-state index contributed by atoms with van der Waals surface area (Å²) < 4.78 is 24.7.